The van der Waals surface area contributed by atoms with Gasteiger partial charge >= 0.3 is 0 Å². The third-order valence-electron chi connectivity index (χ3n) is 3.10. The molecule has 3 rings (SSSR count). The van der Waals surface area contributed by atoms with E-state index in [1.807, 2.05) is 35.8 Å². The molecule has 20 heavy (non-hydrogen) atoms. The normalized spacial score (nSPS) is 10.7. The number of nitrogens with one attached hydrogen (secondary N) is 1. The maximum Gasteiger partial charge on any atom is 0.182 e. The van der Waals surface area contributed by atoms with Crippen molar-refractivity contribution in [2.75, 3.05) is 0 Å². The van der Waals surface area contributed by atoms with Gasteiger partial charge < -0.3 is 4.98 Å². The van der Waals surface area contributed by atoms with E-state index in [9.17, 15) is 0 Å². The highest BCUT2D eigenvalue weighted by molar-refractivity contribution is 9.10. The monoisotopic (exact) mass is 343 g/mol. The molecule has 0 saturated carbocycles. The molecule has 0 fully saturated rings. The smallest absolute Gasteiger partial charge is 0.182 e. The van der Waals surface area contributed by atoms with Gasteiger partial charge in [0.25, 0.3) is 0 Å². The van der Waals surface area contributed by atoms with Gasteiger partial charge in [0, 0.05) is 10.2 Å². The van der Waals surface area contributed by atoms with Crippen LogP contribution in [0.2, 0.25) is 0 Å². The van der Waals surface area contributed by atoms with Crippen molar-refractivity contribution in [3.8, 4) is 11.8 Å². The number of H-pyrrole nitrogens is 1. The Morgan fingerprint density at radius 2 is 2.05 bits per heavy atom. The van der Waals surface area contributed by atoms with Crippen molar-refractivity contribution in [2.45, 2.75) is 6.92 Å². The second-order valence-corrected chi connectivity index (χ2v) is 5.90. The first-order valence-corrected chi connectivity index (χ1v) is 7.21. The fourth-order valence-corrected chi connectivity index (χ4v) is 3.18. The van der Waals surface area contributed by atoms with Gasteiger partial charge in [-0.05, 0) is 61.1 Å². The Kier molecular flexibility index (Phi) is 3.20. The first kappa shape index (κ1) is 13.1. The Bertz CT molecular complexity index is 895. The lowest BCUT2D eigenvalue weighted by molar-refractivity contribution is 1.06. The molecule has 0 atom stereocenters. The summed E-state index contributed by atoms with van der Waals surface area (Å²) in [5.74, 6) is 0. The predicted molar refractivity (Wildman–Crippen MR) is 85.6 cm³/mol. The van der Waals surface area contributed by atoms with Crippen LogP contribution in [0.25, 0.3) is 16.7 Å². The first-order chi connectivity index (χ1) is 9.58. The zero-order valence-electron chi connectivity index (χ0n) is 10.6. The molecule has 0 aliphatic heterocycles. The molecule has 3 aromatic rings. The summed E-state index contributed by atoms with van der Waals surface area (Å²) in [6.45, 7) is 2.04. The van der Waals surface area contributed by atoms with Gasteiger partial charge in [0.05, 0.1) is 22.7 Å². The van der Waals surface area contributed by atoms with Crippen LogP contribution in [0.3, 0.4) is 0 Å². The fourth-order valence-electron chi connectivity index (χ4n) is 2.27. The molecule has 0 spiro atoms. The van der Waals surface area contributed by atoms with Crippen LogP contribution in [0.15, 0.2) is 40.9 Å². The van der Waals surface area contributed by atoms with Crippen molar-refractivity contribution in [1.82, 2.24) is 9.55 Å². The van der Waals surface area contributed by atoms with Crippen molar-refractivity contribution in [1.29, 1.82) is 5.26 Å². The molecule has 1 heterocycles. The summed E-state index contributed by atoms with van der Waals surface area (Å²) in [6, 6.07) is 13.8. The van der Waals surface area contributed by atoms with E-state index in [1.54, 1.807) is 6.07 Å². The highest BCUT2D eigenvalue weighted by Crippen LogP contribution is 2.24. The van der Waals surface area contributed by atoms with Gasteiger partial charge in [-0.2, -0.15) is 5.26 Å². The second kappa shape index (κ2) is 4.89. The largest absolute Gasteiger partial charge is 0.330 e. The molecular formula is C15H10BrN3S. The third kappa shape index (κ3) is 2.17. The number of nitrogens with zero attached hydrogens (tertiary/aromatic N) is 2. The summed E-state index contributed by atoms with van der Waals surface area (Å²) in [5, 5.41) is 9.05. The van der Waals surface area contributed by atoms with Crippen LogP contribution in [0, 0.1) is 23.0 Å². The number of halogens is 1. The summed E-state index contributed by atoms with van der Waals surface area (Å²) in [5.41, 5.74) is 4.57. The molecule has 0 aliphatic carbocycles. The first-order valence-electron chi connectivity index (χ1n) is 6.01. The highest BCUT2D eigenvalue weighted by Gasteiger charge is 2.08. The van der Waals surface area contributed by atoms with E-state index in [4.69, 9.17) is 17.5 Å². The second-order valence-electron chi connectivity index (χ2n) is 4.60. The summed E-state index contributed by atoms with van der Waals surface area (Å²) >= 11 is 8.92. The molecule has 0 unspecified atom stereocenters. The number of benzene rings is 2. The van der Waals surface area contributed by atoms with Gasteiger partial charge in [-0.1, -0.05) is 15.9 Å². The van der Waals surface area contributed by atoms with Crippen LogP contribution >= 0.6 is 28.1 Å². The van der Waals surface area contributed by atoms with E-state index in [2.05, 4.69) is 33.0 Å². The molecule has 1 N–H and O–H groups in total. The lowest BCUT2D eigenvalue weighted by Gasteiger charge is -2.07. The minimum Gasteiger partial charge on any atom is -0.330 e. The van der Waals surface area contributed by atoms with Crippen LogP contribution < -0.4 is 0 Å². The fraction of sp³-hybridized carbons (Fsp3) is 0.0667. The molecule has 0 radical (unpaired) electrons. The predicted octanol–water partition coefficient (Wildman–Crippen LogP) is 4.63. The highest BCUT2D eigenvalue weighted by atomic mass is 79.9. The van der Waals surface area contributed by atoms with E-state index >= 15 is 0 Å². The Morgan fingerprint density at radius 1 is 1.25 bits per heavy atom. The van der Waals surface area contributed by atoms with Gasteiger partial charge in [-0.15, -0.1) is 0 Å². The standard InChI is InChI=1S/C15H10BrN3S/c1-9-4-11(16)7-12(5-9)19-14-6-10(8-17)2-3-13(14)18-15(19)20/h2-7H,1H3,(H,18,20). The van der Waals surface area contributed by atoms with Crippen molar-refractivity contribution in [3.05, 3.63) is 56.8 Å². The van der Waals surface area contributed by atoms with Crippen LogP contribution in [-0.2, 0) is 0 Å². The van der Waals surface area contributed by atoms with E-state index in [-0.39, 0.29) is 0 Å². The minimum absolute atomic E-state index is 0.618. The number of aromatic amines is 1. The lowest BCUT2D eigenvalue weighted by Crippen LogP contribution is -1.95. The van der Waals surface area contributed by atoms with Crippen molar-refractivity contribution in [2.24, 2.45) is 0 Å². The number of nitriles is 1. The number of rotatable bonds is 1. The van der Waals surface area contributed by atoms with Gasteiger partial charge in [0.2, 0.25) is 0 Å². The Labute approximate surface area is 129 Å². The van der Waals surface area contributed by atoms with E-state index in [0.29, 0.717) is 10.3 Å². The van der Waals surface area contributed by atoms with Crippen LogP contribution in [0.1, 0.15) is 11.1 Å². The maximum absolute atomic E-state index is 9.05. The van der Waals surface area contributed by atoms with E-state index < -0.39 is 0 Å². The van der Waals surface area contributed by atoms with Crippen LogP contribution in [0.5, 0.6) is 0 Å². The summed E-state index contributed by atoms with van der Waals surface area (Å²) in [4.78, 5) is 3.17. The molecule has 5 heteroatoms. The number of hydrogen-bond acceptors (Lipinski definition) is 2. The van der Waals surface area contributed by atoms with Gasteiger partial charge in [0.1, 0.15) is 0 Å². The zero-order chi connectivity index (χ0) is 14.3. The summed E-state index contributed by atoms with van der Waals surface area (Å²) in [7, 11) is 0. The Morgan fingerprint density at radius 3 is 2.75 bits per heavy atom. The number of imidazole rings is 1. The van der Waals surface area contributed by atoms with Crippen molar-refractivity contribution >= 4 is 39.2 Å². The molecule has 0 amide bonds. The van der Waals surface area contributed by atoms with Crippen LogP contribution in [0.4, 0.5) is 0 Å². The molecule has 2 aromatic carbocycles. The molecule has 0 aliphatic rings. The number of hydrogen-bond donors (Lipinski definition) is 1. The summed E-state index contributed by atoms with van der Waals surface area (Å²) < 4.78 is 3.57. The van der Waals surface area contributed by atoms with E-state index in [1.165, 1.54) is 0 Å². The average molecular weight is 344 g/mol. The topological polar surface area (TPSA) is 44.5 Å². The molecule has 3 nitrogen and oxygen atoms in total. The third-order valence-corrected chi connectivity index (χ3v) is 3.84. The Balaban J connectivity index is 2.38. The SMILES string of the molecule is Cc1cc(Br)cc(-n2c(=S)[nH]c3ccc(C#N)cc32)c1. The minimum atomic E-state index is 0.618. The maximum atomic E-state index is 9.05. The molecule has 0 saturated heterocycles. The molecular weight excluding hydrogens is 334 g/mol. The number of aryl methyl sites for hydroxylation is 1. The van der Waals surface area contributed by atoms with Crippen molar-refractivity contribution < 1.29 is 0 Å². The molecule has 98 valence electrons. The van der Waals surface area contributed by atoms with Crippen LogP contribution in [-0.4, -0.2) is 9.55 Å². The number of fused-ring (bicyclic) bond motifs is 1. The van der Waals surface area contributed by atoms with Gasteiger partial charge in [-0.3, -0.25) is 4.57 Å². The Hall–Kier alpha value is -1.90. The lowest BCUT2D eigenvalue weighted by atomic mass is 10.2. The summed E-state index contributed by atoms with van der Waals surface area (Å²) in [6.07, 6.45) is 0. The molecule has 0 bridgehead atoms. The van der Waals surface area contributed by atoms with Crippen molar-refractivity contribution in [3.63, 3.8) is 0 Å². The van der Waals surface area contributed by atoms with Gasteiger partial charge in [0.15, 0.2) is 4.77 Å². The zero-order valence-corrected chi connectivity index (χ0v) is 13.0. The van der Waals surface area contributed by atoms with E-state index in [0.717, 1.165) is 26.8 Å². The average Bonchev–Trinajstić information content (AvgIpc) is 2.72. The molecule has 1 aromatic heterocycles. The van der Waals surface area contributed by atoms with Gasteiger partial charge in [-0.25, -0.2) is 0 Å². The quantitative estimate of drug-likeness (QED) is 0.654. The number of aromatic nitrogens is 2.